The Balaban J connectivity index is 1.63. The average Bonchev–Trinajstić information content (AvgIpc) is 3.12. The second kappa shape index (κ2) is 9.37. The molecule has 0 aromatic carbocycles. The maximum Gasteiger partial charge on any atom is 0.308 e. The van der Waals surface area contributed by atoms with Crippen molar-refractivity contribution in [1.82, 2.24) is 0 Å². The maximum atomic E-state index is 17.3. The van der Waals surface area contributed by atoms with Crippen LogP contribution in [0, 0.1) is 40.4 Å². The highest BCUT2D eigenvalue weighted by atomic mass is 19.1. The molecule has 0 radical (unpaired) electrons. The summed E-state index contributed by atoms with van der Waals surface area (Å²) in [6.07, 6.45) is 4.19. The van der Waals surface area contributed by atoms with Crippen LogP contribution >= 0.6 is 0 Å². The number of alkyl halides is 1. The number of aliphatic hydroxyl groups excluding tert-OH is 2. The Bertz CT molecular complexity index is 915. The van der Waals surface area contributed by atoms with E-state index in [1.165, 1.54) is 0 Å². The van der Waals surface area contributed by atoms with Crippen molar-refractivity contribution in [1.29, 1.82) is 0 Å². The smallest absolute Gasteiger partial charge is 0.308 e. The molecule has 0 aliphatic heterocycles. The van der Waals surface area contributed by atoms with Crippen molar-refractivity contribution >= 4 is 17.5 Å². The van der Waals surface area contributed by atoms with Gasteiger partial charge in [-0.3, -0.25) is 14.4 Å². The molecule has 0 heterocycles. The van der Waals surface area contributed by atoms with Crippen LogP contribution in [0.1, 0.15) is 79.1 Å². The molecule has 35 heavy (non-hydrogen) atoms. The SMILES string of the molecule is CCC(O)CC(=O)OC[C@H]1C[C@H]2[C@@H]3C[C@H](C)C4=CC(=O)CC[C@]4(C)[C@@]3(F)CC[C@]2(C)[C@H]1C(=O)CO. The molecule has 4 aliphatic rings. The minimum atomic E-state index is -1.46. The Morgan fingerprint density at radius 1 is 1.20 bits per heavy atom. The molecule has 0 aromatic heterocycles. The summed E-state index contributed by atoms with van der Waals surface area (Å²) in [6.45, 7) is 7.36. The topological polar surface area (TPSA) is 101 Å². The van der Waals surface area contributed by atoms with Gasteiger partial charge in [0.25, 0.3) is 0 Å². The molecule has 196 valence electrons. The van der Waals surface area contributed by atoms with Crippen LogP contribution in [-0.2, 0) is 19.1 Å². The Morgan fingerprint density at radius 3 is 2.57 bits per heavy atom. The molecule has 0 saturated heterocycles. The minimum Gasteiger partial charge on any atom is -0.465 e. The van der Waals surface area contributed by atoms with E-state index in [4.69, 9.17) is 4.74 Å². The number of Topliss-reactive ketones (excluding diaryl/α,β-unsaturated/α-hetero) is 1. The van der Waals surface area contributed by atoms with Gasteiger partial charge in [-0.2, -0.15) is 0 Å². The van der Waals surface area contributed by atoms with E-state index in [0.717, 1.165) is 5.57 Å². The zero-order valence-electron chi connectivity index (χ0n) is 21.5. The Kier molecular flexibility index (Phi) is 7.08. The van der Waals surface area contributed by atoms with E-state index in [1.807, 2.05) is 6.92 Å². The largest absolute Gasteiger partial charge is 0.465 e. The standard InChI is InChI=1S/C28H41FO6/c1-5-18(31)13-24(34)35-15-17-11-21-22-10-16(2)20-12-19(32)6-7-27(20,4)28(22,29)9-8-26(21,3)25(17)23(33)14-30/h12,16-18,21-22,25,30-31H,5-11,13-15H2,1-4H3/t16-,17+,18?,21-,22-,25+,26-,27-,28+/m0/s1. The number of carbonyl (C=O) groups is 3. The molecule has 3 saturated carbocycles. The molecule has 0 bridgehead atoms. The van der Waals surface area contributed by atoms with Crippen LogP contribution in [0.3, 0.4) is 0 Å². The van der Waals surface area contributed by atoms with E-state index in [1.54, 1.807) is 13.0 Å². The lowest BCUT2D eigenvalue weighted by molar-refractivity contribution is -0.160. The summed E-state index contributed by atoms with van der Waals surface area (Å²) in [6, 6.07) is 0. The number of allylic oxidation sites excluding steroid dienone is 1. The zero-order chi connectivity index (χ0) is 25.8. The lowest BCUT2D eigenvalue weighted by atomic mass is 9.43. The van der Waals surface area contributed by atoms with Gasteiger partial charge >= 0.3 is 5.97 Å². The number of rotatable bonds is 7. The summed E-state index contributed by atoms with van der Waals surface area (Å²) < 4.78 is 22.8. The highest BCUT2D eigenvalue weighted by molar-refractivity contribution is 5.92. The van der Waals surface area contributed by atoms with Crippen LogP contribution < -0.4 is 0 Å². The van der Waals surface area contributed by atoms with Crippen LogP contribution in [0.15, 0.2) is 11.6 Å². The lowest BCUT2D eigenvalue weighted by Crippen LogP contribution is -2.62. The number of carbonyl (C=O) groups excluding carboxylic acids is 3. The van der Waals surface area contributed by atoms with E-state index in [-0.39, 0.29) is 48.3 Å². The van der Waals surface area contributed by atoms with Gasteiger partial charge in [0.2, 0.25) is 0 Å². The third-order valence-corrected chi connectivity index (χ3v) is 10.4. The van der Waals surface area contributed by atoms with Gasteiger partial charge in [0.15, 0.2) is 11.6 Å². The second-order valence-electron chi connectivity index (χ2n) is 12.2. The fourth-order valence-electron chi connectivity index (χ4n) is 8.51. The van der Waals surface area contributed by atoms with E-state index in [2.05, 4.69) is 13.8 Å². The molecule has 6 nitrogen and oxygen atoms in total. The van der Waals surface area contributed by atoms with E-state index in [9.17, 15) is 24.6 Å². The first-order chi connectivity index (χ1) is 16.4. The van der Waals surface area contributed by atoms with Gasteiger partial charge in [-0.05, 0) is 67.8 Å². The normalized spacial score (nSPS) is 43.5. The van der Waals surface area contributed by atoms with Crippen molar-refractivity contribution in [2.75, 3.05) is 13.2 Å². The third-order valence-electron chi connectivity index (χ3n) is 10.4. The van der Waals surface area contributed by atoms with Crippen LogP contribution in [0.5, 0.6) is 0 Å². The Morgan fingerprint density at radius 2 is 1.91 bits per heavy atom. The van der Waals surface area contributed by atoms with Gasteiger partial charge < -0.3 is 14.9 Å². The third kappa shape index (κ3) is 4.11. The van der Waals surface area contributed by atoms with Crippen LogP contribution in [0.25, 0.3) is 0 Å². The monoisotopic (exact) mass is 492 g/mol. The summed E-state index contributed by atoms with van der Waals surface area (Å²) >= 11 is 0. The van der Waals surface area contributed by atoms with Gasteiger partial charge in [-0.25, -0.2) is 4.39 Å². The summed E-state index contributed by atoms with van der Waals surface area (Å²) in [5, 5.41) is 19.6. The fraction of sp³-hybridized carbons (Fsp3) is 0.821. The second-order valence-corrected chi connectivity index (χ2v) is 12.2. The first-order valence-corrected chi connectivity index (χ1v) is 13.3. The number of ether oxygens (including phenoxy) is 1. The number of esters is 1. The molecule has 2 N–H and O–H groups in total. The van der Waals surface area contributed by atoms with E-state index in [0.29, 0.717) is 44.9 Å². The number of hydrogen-bond acceptors (Lipinski definition) is 6. The maximum absolute atomic E-state index is 17.3. The van der Waals surface area contributed by atoms with Crippen molar-refractivity contribution < 1.29 is 33.7 Å². The summed E-state index contributed by atoms with van der Waals surface area (Å²) in [5.41, 5.74) is -1.69. The van der Waals surface area contributed by atoms with Crippen LogP contribution in [0.2, 0.25) is 0 Å². The van der Waals surface area contributed by atoms with Gasteiger partial charge in [-0.1, -0.05) is 33.3 Å². The number of fused-ring (bicyclic) bond motifs is 5. The Labute approximate surface area is 207 Å². The summed E-state index contributed by atoms with van der Waals surface area (Å²) in [5.74, 6) is -1.74. The molecule has 3 fully saturated rings. The first kappa shape index (κ1) is 26.5. The van der Waals surface area contributed by atoms with Crippen molar-refractivity contribution in [2.24, 2.45) is 40.4 Å². The molecule has 1 unspecified atom stereocenters. The molecule has 4 aliphatic carbocycles. The van der Waals surface area contributed by atoms with Crippen LogP contribution in [-0.4, -0.2) is 52.7 Å². The lowest BCUT2D eigenvalue weighted by Gasteiger charge is -2.62. The van der Waals surface area contributed by atoms with Crippen LogP contribution in [0.4, 0.5) is 4.39 Å². The molecule has 9 atom stereocenters. The molecule has 0 aromatic rings. The molecular weight excluding hydrogens is 451 g/mol. The predicted octanol–water partition coefficient (Wildman–Crippen LogP) is 3.96. The highest BCUT2D eigenvalue weighted by Gasteiger charge is 2.70. The Hall–Kier alpha value is -1.60. The van der Waals surface area contributed by atoms with Crippen molar-refractivity contribution in [2.45, 2.75) is 90.8 Å². The summed E-state index contributed by atoms with van der Waals surface area (Å²) in [4.78, 5) is 37.5. The number of hydrogen-bond donors (Lipinski definition) is 2. The molecular formula is C28H41FO6. The number of ketones is 2. The molecule has 4 rings (SSSR count). The van der Waals surface area contributed by atoms with E-state index >= 15 is 4.39 Å². The van der Waals surface area contributed by atoms with Crippen molar-refractivity contribution in [3.05, 3.63) is 11.6 Å². The highest BCUT2D eigenvalue weighted by Crippen LogP contribution is 2.71. The van der Waals surface area contributed by atoms with Crippen molar-refractivity contribution in [3.63, 3.8) is 0 Å². The quantitative estimate of drug-likeness (QED) is 0.522. The molecule has 7 heteroatoms. The predicted molar refractivity (Wildman–Crippen MR) is 128 cm³/mol. The average molecular weight is 493 g/mol. The minimum absolute atomic E-state index is 0.0379. The fourth-order valence-corrected chi connectivity index (χ4v) is 8.51. The first-order valence-electron chi connectivity index (χ1n) is 13.3. The van der Waals surface area contributed by atoms with Gasteiger partial charge in [0.1, 0.15) is 12.3 Å². The summed E-state index contributed by atoms with van der Waals surface area (Å²) in [7, 11) is 0. The van der Waals surface area contributed by atoms with Gasteiger partial charge in [0, 0.05) is 23.7 Å². The zero-order valence-corrected chi connectivity index (χ0v) is 21.5. The van der Waals surface area contributed by atoms with Crippen molar-refractivity contribution in [3.8, 4) is 0 Å². The number of halogens is 1. The molecule has 0 spiro atoms. The van der Waals surface area contributed by atoms with Gasteiger partial charge in [-0.15, -0.1) is 0 Å². The molecule has 0 amide bonds. The van der Waals surface area contributed by atoms with E-state index < -0.39 is 41.1 Å². The van der Waals surface area contributed by atoms with Gasteiger partial charge in [0.05, 0.1) is 19.1 Å². The number of aliphatic hydroxyl groups is 2.